The smallest absolute Gasteiger partial charge is 0.254 e. The van der Waals surface area contributed by atoms with Crippen LogP contribution in [0.1, 0.15) is 24.1 Å². The molecule has 1 amide bonds. The summed E-state index contributed by atoms with van der Waals surface area (Å²) in [4.78, 5) is 31.1. The quantitative estimate of drug-likeness (QED) is 0.597. The molecule has 0 unspecified atom stereocenters. The third-order valence-electron chi connectivity index (χ3n) is 3.71. The molecule has 24 heavy (non-hydrogen) atoms. The molecule has 0 fully saturated rings. The molecule has 1 aromatic heterocycles. The number of amides is 1. The molecule has 2 aromatic rings. The summed E-state index contributed by atoms with van der Waals surface area (Å²) < 4.78 is 14.3. The van der Waals surface area contributed by atoms with Gasteiger partial charge in [-0.3, -0.25) is 9.59 Å². The van der Waals surface area contributed by atoms with Crippen LogP contribution in [-0.2, 0) is 17.6 Å². The first-order valence-corrected chi connectivity index (χ1v) is 9.30. The van der Waals surface area contributed by atoms with Crippen molar-refractivity contribution < 1.29 is 9.18 Å². The number of nitrogens with zero attached hydrogens (tertiary/aromatic N) is 1. The average molecular weight is 412 g/mol. The molecule has 0 radical (unpaired) electrons. The van der Waals surface area contributed by atoms with Crippen molar-refractivity contribution in [3.05, 3.63) is 50.1 Å². The minimum absolute atomic E-state index is 0.0389. The number of nitrogens with one attached hydrogen (secondary N) is 2. The lowest BCUT2D eigenvalue weighted by molar-refractivity contribution is -0.113. The van der Waals surface area contributed by atoms with Gasteiger partial charge in [-0.15, -0.1) is 0 Å². The number of aromatic nitrogens is 2. The first kappa shape index (κ1) is 17.2. The maximum Gasteiger partial charge on any atom is 0.254 e. The summed E-state index contributed by atoms with van der Waals surface area (Å²) in [7, 11) is 0. The number of thioether (sulfide) groups is 1. The van der Waals surface area contributed by atoms with E-state index < -0.39 is 5.82 Å². The molecule has 126 valence electrons. The molecule has 0 spiro atoms. The van der Waals surface area contributed by atoms with Gasteiger partial charge in [-0.25, -0.2) is 9.37 Å². The summed E-state index contributed by atoms with van der Waals surface area (Å²) in [5.41, 5.74) is 1.58. The second-order valence-electron chi connectivity index (χ2n) is 5.46. The molecular formula is C16H15BrFN3O2S. The van der Waals surface area contributed by atoms with Crippen molar-refractivity contribution in [2.45, 2.75) is 30.8 Å². The molecule has 0 saturated heterocycles. The fourth-order valence-electron chi connectivity index (χ4n) is 2.56. The lowest BCUT2D eigenvalue weighted by atomic mass is 9.97. The lowest BCUT2D eigenvalue weighted by Crippen LogP contribution is -2.22. The number of hydrogen-bond donors (Lipinski definition) is 2. The first-order valence-electron chi connectivity index (χ1n) is 7.52. The van der Waals surface area contributed by atoms with E-state index in [0.29, 0.717) is 9.63 Å². The lowest BCUT2D eigenvalue weighted by Gasteiger charge is -2.14. The van der Waals surface area contributed by atoms with Gasteiger partial charge in [0.2, 0.25) is 5.91 Å². The van der Waals surface area contributed by atoms with Gasteiger partial charge < -0.3 is 10.3 Å². The molecule has 3 rings (SSSR count). The van der Waals surface area contributed by atoms with Crippen LogP contribution in [0, 0.1) is 5.82 Å². The monoisotopic (exact) mass is 411 g/mol. The Labute approximate surface area is 150 Å². The zero-order valence-electron chi connectivity index (χ0n) is 12.7. The summed E-state index contributed by atoms with van der Waals surface area (Å²) in [5, 5.41) is 2.93. The van der Waals surface area contributed by atoms with Gasteiger partial charge in [0.05, 0.1) is 17.1 Å². The Morgan fingerprint density at radius 2 is 2.17 bits per heavy atom. The molecule has 0 aliphatic heterocycles. The fraction of sp³-hybridized carbons (Fsp3) is 0.312. The number of halogens is 2. The molecular weight excluding hydrogens is 397 g/mol. The minimum atomic E-state index is -0.511. The minimum Gasteiger partial charge on any atom is -0.323 e. The van der Waals surface area contributed by atoms with Gasteiger partial charge in [-0.2, -0.15) is 0 Å². The molecule has 1 aromatic carbocycles. The van der Waals surface area contributed by atoms with Crippen LogP contribution in [0.25, 0.3) is 0 Å². The van der Waals surface area contributed by atoms with E-state index in [2.05, 4.69) is 31.2 Å². The van der Waals surface area contributed by atoms with Gasteiger partial charge >= 0.3 is 0 Å². The number of hydrogen-bond acceptors (Lipinski definition) is 4. The molecule has 0 bridgehead atoms. The van der Waals surface area contributed by atoms with Crippen molar-refractivity contribution in [2.24, 2.45) is 0 Å². The molecule has 0 atom stereocenters. The molecule has 1 aliphatic carbocycles. The second-order valence-corrected chi connectivity index (χ2v) is 7.34. The van der Waals surface area contributed by atoms with Gasteiger partial charge in [-0.05, 0) is 43.9 Å². The number of carbonyl (C=O) groups excluding carboxylic acids is 1. The van der Waals surface area contributed by atoms with Crippen LogP contribution in [0.3, 0.4) is 0 Å². The maximum absolute atomic E-state index is 13.7. The highest BCUT2D eigenvalue weighted by Crippen LogP contribution is 2.21. The van der Waals surface area contributed by atoms with E-state index in [1.54, 1.807) is 6.07 Å². The molecule has 8 heteroatoms. The van der Waals surface area contributed by atoms with Gasteiger partial charge in [0.1, 0.15) is 5.82 Å². The molecule has 0 saturated carbocycles. The van der Waals surface area contributed by atoms with E-state index in [1.165, 1.54) is 12.1 Å². The van der Waals surface area contributed by atoms with Crippen molar-refractivity contribution in [1.29, 1.82) is 0 Å². The number of aromatic amines is 1. The van der Waals surface area contributed by atoms with E-state index in [4.69, 9.17) is 0 Å². The largest absolute Gasteiger partial charge is 0.323 e. The summed E-state index contributed by atoms with van der Waals surface area (Å²) in [6, 6.07) is 4.42. The zero-order chi connectivity index (χ0) is 17.1. The number of fused-ring (bicyclic) bond motifs is 1. The highest BCUT2D eigenvalue weighted by molar-refractivity contribution is 9.10. The zero-order valence-corrected chi connectivity index (χ0v) is 15.1. The van der Waals surface area contributed by atoms with Gasteiger partial charge in [0.15, 0.2) is 5.16 Å². The Bertz CT molecular complexity index is 841. The van der Waals surface area contributed by atoms with Gasteiger partial charge in [0, 0.05) is 10.0 Å². The number of anilines is 1. The van der Waals surface area contributed by atoms with Crippen LogP contribution in [0.15, 0.2) is 32.6 Å². The Hall–Kier alpha value is -1.67. The average Bonchev–Trinajstić information content (AvgIpc) is 2.56. The van der Waals surface area contributed by atoms with Gasteiger partial charge in [0.25, 0.3) is 5.56 Å². The van der Waals surface area contributed by atoms with Crippen molar-refractivity contribution in [3.63, 3.8) is 0 Å². The fourth-order valence-corrected chi connectivity index (χ4v) is 3.57. The third-order valence-corrected chi connectivity index (χ3v) is 5.08. The van der Waals surface area contributed by atoms with E-state index in [0.717, 1.165) is 48.7 Å². The highest BCUT2D eigenvalue weighted by Gasteiger charge is 2.16. The van der Waals surface area contributed by atoms with Crippen molar-refractivity contribution in [1.82, 2.24) is 9.97 Å². The Kier molecular flexibility index (Phi) is 5.35. The molecule has 5 nitrogen and oxygen atoms in total. The van der Waals surface area contributed by atoms with E-state index >= 15 is 0 Å². The van der Waals surface area contributed by atoms with Crippen LogP contribution >= 0.6 is 27.7 Å². The Morgan fingerprint density at radius 1 is 1.38 bits per heavy atom. The highest BCUT2D eigenvalue weighted by atomic mass is 79.9. The van der Waals surface area contributed by atoms with Crippen molar-refractivity contribution >= 4 is 39.3 Å². The summed E-state index contributed by atoms with van der Waals surface area (Å²) in [6.45, 7) is 0. The predicted octanol–water partition coefficient (Wildman–Crippen LogP) is 3.28. The first-order chi connectivity index (χ1) is 11.5. The van der Waals surface area contributed by atoms with Crippen LogP contribution in [0.4, 0.5) is 10.1 Å². The van der Waals surface area contributed by atoms with Crippen LogP contribution in [-0.4, -0.2) is 21.6 Å². The van der Waals surface area contributed by atoms with Crippen LogP contribution < -0.4 is 10.9 Å². The predicted molar refractivity (Wildman–Crippen MR) is 95.0 cm³/mol. The number of aryl methyl sites for hydroxylation is 1. The van der Waals surface area contributed by atoms with E-state index in [-0.39, 0.29) is 22.9 Å². The van der Waals surface area contributed by atoms with E-state index in [1.807, 2.05) is 0 Å². The molecule has 1 heterocycles. The normalized spacial score (nSPS) is 13.4. The summed E-state index contributed by atoms with van der Waals surface area (Å²) >= 11 is 4.30. The van der Waals surface area contributed by atoms with Crippen LogP contribution in [0.5, 0.6) is 0 Å². The van der Waals surface area contributed by atoms with E-state index in [9.17, 15) is 14.0 Å². The van der Waals surface area contributed by atoms with Crippen molar-refractivity contribution in [3.8, 4) is 0 Å². The number of benzene rings is 1. The van der Waals surface area contributed by atoms with Crippen LogP contribution in [0.2, 0.25) is 0 Å². The second kappa shape index (κ2) is 7.48. The Morgan fingerprint density at radius 3 is 2.96 bits per heavy atom. The number of H-pyrrole nitrogens is 1. The number of carbonyl (C=O) groups is 1. The van der Waals surface area contributed by atoms with Gasteiger partial charge in [-0.1, -0.05) is 27.7 Å². The SMILES string of the molecule is O=C(CSc1nc2c(c(=O)[nH]1)CCCC2)Nc1ccc(Br)cc1F. The molecule has 2 N–H and O–H groups in total. The number of rotatable bonds is 4. The van der Waals surface area contributed by atoms with Crippen molar-refractivity contribution in [2.75, 3.05) is 11.1 Å². The topological polar surface area (TPSA) is 74.8 Å². The standard InChI is InChI=1S/C16H15BrFN3O2S/c17-9-5-6-13(11(18)7-9)19-14(22)8-24-16-20-12-4-2-1-3-10(12)15(23)21-16/h5-7H,1-4,8H2,(H,19,22)(H,20,21,23). The maximum atomic E-state index is 13.7. The molecule has 1 aliphatic rings. The summed E-state index contributed by atoms with van der Waals surface area (Å²) in [6.07, 6.45) is 3.58. The Balaban J connectivity index is 1.64. The third kappa shape index (κ3) is 4.05. The summed E-state index contributed by atoms with van der Waals surface area (Å²) in [5.74, 6) is -0.832.